The van der Waals surface area contributed by atoms with Crippen molar-refractivity contribution in [2.24, 2.45) is 0 Å². The van der Waals surface area contributed by atoms with Gasteiger partial charge in [-0.25, -0.2) is 9.67 Å². The number of fused-ring (bicyclic) bond motifs is 1. The Bertz CT molecular complexity index is 560. The zero-order valence-electron chi connectivity index (χ0n) is 10.5. The van der Waals surface area contributed by atoms with Crippen molar-refractivity contribution in [1.29, 1.82) is 0 Å². The van der Waals surface area contributed by atoms with Gasteiger partial charge in [0.15, 0.2) is 0 Å². The molecule has 2 heterocycles. The lowest BCUT2D eigenvalue weighted by Gasteiger charge is -2.19. The summed E-state index contributed by atoms with van der Waals surface area (Å²) in [7, 11) is 0. The second kappa shape index (κ2) is 4.33. The molecule has 5 nitrogen and oxygen atoms in total. The minimum atomic E-state index is 0.796. The van der Waals surface area contributed by atoms with Gasteiger partial charge >= 0.3 is 0 Å². The van der Waals surface area contributed by atoms with Gasteiger partial charge in [0.2, 0.25) is 0 Å². The zero-order valence-corrected chi connectivity index (χ0v) is 10.5. The predicted molar refractivity (Wildman–Crippen MR) is 71.3 cm³/mol. The number of hydrogen-bond acceptors (Lipinski definition) is 4. The number of anilines is 2. The van der Waals surface area contributed by atoms with Crippen molar-refractivity contribution in [1.82, 2.24) is 14.8 Å². The zero-order chi connectivity index (χ0) is 12.5. The largest absolute Gasteiger partial charge is 0.399 e. The van der Waals surface area contributed by atoms with E-state index in [9.17, 15) is 0 Å². The quantitative estimate of drug-likeness (QED) is 0.829. The normalized spacial score (nSPS) is 13.9. The van der Waals surface area contributed by atoms with Crippen LogP contribution in [0.2, 0.25) is 0 Å². The molecule has 0 radical (unpaired) electrons. The van der Waals surface area contributed by atoms with E-state index in [4.69, 9.17) is 5.73 Å². The molecule has 1 aliphatic heterocycles. The lowest BCUT2D eigenvalue weighted by molar-refractivity contribution is 0.605. The van der Waals surface area contributed by atoms with Crippen LogP contribution in [0.1, 0.15) is 18.3 Å². The highest BCUT2D eigenvalue weighted by molar-refractivity contribution is 5.64. The minimum absolute atomic E-state index is 0.796. The number of nitrogens with zero attached hydrogens (tertiary/aromatic N) is 4. The van der Waals surface area contributed by atoms with Crippen molar-refractivity contribution in [3.05, 3.63) is 35.9 Å². The molecule has 0 atom stereocenters. The lowest BCUT2D eigenvalue weighted by atomic mass is 10.1. The maximum atomic E-state index is 5.86. The number of nitrogens with two attached hydrogens (primary N) is 1. The molecule has 1 aromatic heterocycles. The summed E-state index contributed by atoms with van der Waals surface area (Å²) in [6, 6.07) is 6.14. The average molecular weight is 243 g/mol. The Labute approximate surface area is 106 Å². The molecule has 1 aromatic carbocycles. The van der Waals surface area contributed by atoms with Crippen LogP contribution in [0.5, 0.6) is 0 Å². The monoisotopic (exact) mass is 243 g/mol. The molecule has 0 amide bonds. The third kappa shape index (κ3) is 1.81. The van der Waals surface area contributed by atoms with Gasteiger partial charge in [-0.1, -0.05) is 6.07 Å². The molecule has 0 unspecified atom stereocenters. The second-order valence-corrected chi connectivity index (χ2v) is 4.55. The van der Waals surface area contributed by atoms with Gasteiger partial charge in [-0.05, 0) is 31.0 Å². The predicted octanol–water partition coefficient (Wildman–Crippen LogP) is 1.44. The van der Waals surface area contributed by atoms with Crippen molar-refractivity contribution in [3.63, 3.8) is 0 Å². The third-order valence-corrected chi connectivity index (χ3v) is 3.43. The summed E-state index contributed by atoms with van der Waals surface area (Å²) >= 11 is 0. The van der Waals surface area contributed by atoms with Crippen molar-refractivity contribution in [2.45, 2.75) is 26.4 Å². The highest BCUT2D eigenvalue weighted by Crippen LogP contribution is 2.30. The topological polar surface area (TPSA) is 60.0 Å². The Morgan fingerprint density at radius 1 is 1.39 bits per heavy atom. The Kier molecular flexibility index (Phi) is 2.66. The number of nitrogen functional groups attached to an aromatic ring is 1. The number of rotatable bonds is 3. The SMILES string of the molecule is CCn1ncnc1CN1CCc2ccc(N)cc21. The molecule has 3 rings (SSSR count). The third-order valence-electron chi connectivity index (χ3n) is 3.43. The van der Waals surface area contributed by atoms with E-state index >= 15 is 0 Å². The van der Waals surface area contributed by atoms with E-state index in [0.29, 0.717) is 0 Å². The van der Waals surface area contributed by atoms with E-state index < -0.39 is 0 Å². The molecule has 0 saturated carbocycles. The molecular weight excluding hydrogens is 226 g/mol. The fourth-order valence-corrected chi connectivity index (χ4v) is 2.47. The molecule has 94 valence electrons. The minimum Gasteiger partial charge on any atom is -0.399 e. The van der Waals surface area contributed by atoms with E-state index in [2.05, 4.69) is 34.0 Å². The smallest absolute Gasteiger partial charge is 0.146 e. The standard InChI is InChI=1S/C13H17N5/c1-2-18-13(15-9-16-18)8-17-6-5-10-3-4-11(14)7-12(10)17/h3-4,7,9H,2,5-6,8,14H2,1H3. The van der Waals surface area contributed by atoms with Crippen molar-refractivity contribution < 1.29 is 0 Å². The van der Waals surface area contributed by atoms with Crippen LogP contribution >= 0.6 is 0 Å². The van der Waals surface area contributed by atoms with Gasteiger partial charge in [0.1, 0.15) is 12.2 Å². The number of aromatic nitrogens is 3. The summed E-state index contributed by atoms with van der Waals surface area (Å²) in [5, 5.41) is 4.20. The fourth-order valence-electron chi connectivity index (χ4n) is 2.47. The van der Waals surface area contributed by atoms with E-state index in [1.807, 2.05) is 10.7 Å². The molecule has 2 N–H and O–H groups in total. The van der Waals surface area contributed by atoms with Crippen LogP contribution in [0.3, 0.4) is 0 Å². The van der Waals surface area contributed by atoms with Crippen LogP contribution in [0.15, 0.2) is 24.5 Å². The van der Waals surface area contributed by atoms with Gasteiger partial charge in [-0.2, -0.15) is 5.10 Å². The van der Waals surface area contributed by atoms with Crippen LogP contribution in [-0.2, 0) is 19.5 Å². The van der Waals surface area contributed by atoms with E-state index in [1.165, 1.54) is 11.3 Å². The first-order valence-corrected chi connectivity index (χ1v) is 6.28. The molecule has 0 spiro atoms. The molecule has 0 aliphatic carbocycles. The first-order chi connectivity index (χ1) is 8.78. The van der Waals surface area contributed by atoms with Crippen LogP contribution in [0.4, 0.5) is 11.4 Å². The molecule has 5 heteroatoms. The number of aryl methyl sites for hydroxylation is 1. The summed E-state index contributed by atoms with van der Waals surface area (Å²) in [5.41, 5.74) is 9.28. The molecule has 18 heavy (non-hydrogen) atoms. The molecule has 0 saturated heterocycles. The van der Waals surface area contributed by atoms with Crippen molar-refractivity contribution >= 4 is 11.4 Å². The molecule has 1 aliphatic rings. The molecule has 2 aromatic rings. The highest BCUT2D eigenvalue weighted by Gasteiger charge is 2.20. The number of hydrogen-bond donors (Lipinski definition) is 1. The summed E-state index contributed by atoms with van der Waals surface area (Å²) in [6.07, 6.45) is 2.70. The van der Waals surface area contributed by atoms with Crippen molar-refractivity contribution in [3.8, 4) is 0 Å². The Morgan fingerprint density at radius 2 is 2.28 bits per heavy atom. The Morgan fingerprint density at radius 3 is 3.11 bits per heavy atom. The van der Waals surface area contributed by atoms with Gasteiger partial charge in [0.25, 0.3) is 0 Å². The van der Waals surface area contributed by atoms with E-state index in [1.54, 1.807) is 6.33 Å². The van der Waals surface area contributed by atoms with Crippen LogP contribution in [0.25, 0.3) is 0 Å². The van der Waals surface area contributed by atoms with Crippen LogP contribution in [0, 0.1) is 0 Å². The fraction of sp³-hybridized carbons (Fsp3) is 0.385. The maximum Gasteiger partial charge on any atom is 0.146 e. The van der Waals surface area contributed by atoms with E-state index in [0.717, 1.165) is 37.6 Å². The summed E-state index contributed by atoms with van der Waals surface area (Å²) in [6.45, 7) is 4.75. The van der Waals surface area contributed by atoms with Crippen LogP contribution < -0.4 is 10.6 Å². The molecular formula is C13H17N5. The van der Waals surface area contributed by atoms with Crippen molar-refractivity contribution in [2.75, 3.05) is 17.2 Å². The Hall–Kier alpha value is -2.04. The van der Waals surface area contributed by atoms with Gasteiger partial charge in [-0.15, -0.1) is 0 Å². The second-order valence-electron chi connectivity index (χ2n) is 4.55. The van der Waals surface area contributed by atoms with E-state index in [-0.39, 0.29) is 0 Å². The highest BCUT2D eigenvalue weighted by atomic mass is 15.3. The lowest BCUT2D eigenvalue weighted by Crippen LogP contribution is -2.22. The maximum absolute atomic E-state index is 5.86. The van der Waals surface area contributed by atoms with Gasteiger partial charge in [0, 0.05) is 24.5 Å². The van der Waals surface area contributed by atoms with Crippen LogP contribution in [-0.4, -0.2) is 21.3 Å². The summed E-state index contributed by atoms with van der Waals surface area (Å²) in [4.78, 5) is 6.65. The molecule has 0 bridgehead atoms. The van der Waals surface area contributed by atoms with Gasteiger partial charge in [0.05, 0.1) is 6.54 Å². The Balaban J connectivity index is 1.86. The van der Waals surface area contributed by atoms with Gasteiger partial charge < -0.3 is 10.6 Å². The van der Waals surface area contributed by atoms with Gasteiger partial charge in [-0.3, -0.25) is 0 Å². The first-order valence-electron chi connectivity index (χ1n) is 6.28. The first kappa shape index (κ1) is 11.1. The average Bonchev–Trinajstić information content (AvgIpc) is 2.97. The summed E-state index contributed by atoms with van der Waals surface area (Å²) in [5.74, 6) is 1.01. The number of benzene rings is 1. The summed E-state index contributed by atoms with van der Waals surface area (Å²) < 4.78 is 1.93. The molecule has 0 fully saturated rings.